The lowest BCUT2D eigenvalue weighted by atomic mass is 9.89. The molecule has 0 unspecified atom stereocenters. The lowest BCUT2D eigenvalue weighted by Crippen LogP contribution is -2.26. The fraction of sp³-hybridized carbons (Fsp3) is 0.348. The van der Waals surface area contributed by atoms with E-state index in [-0.39, 0.29) is 23.7 Å². The molecule has 0 bridgehead atoms. The lowest BCUT2D eigenvalue weighted by Gasteiger charge is -2.33. The van der Waals surface area contributed by atoms with Gasteiger partial charge >= 0.3 is 0 Å². The molecular weight excluding hydrogens is 414 g/mol. The Morgan fingerprint density at radius 3 is 2.59 bits per heavy atom. The Labute approximate surface area is 183 Å². The highest BCUT2D eigenvalue weighted by Gasteiger charge is 2.32. The lowest BCUT2D eigenvalue weighted by molar-refractivity contribution is -0.0511. The molecule has 164 valence electrons. The Hall–Kier alpha value is -3.33. The van der Waals surface area contributed by atoms with Gasteiger partial charge < -0.3 is 4.74 Å². The van der Waals surface area contributed by atoms with Gasteiger partial charge in [-0.15, -0.1) is 0 Å². The van der Waals surface area contributed by atoms with Crippen molar-refractivity contribution in [3.05, 3.63) is 65.0 Å². The van der Waals surface area contributed by atoms with E-state index >= 15 is 0 Å². The highest BCUT2D eigenvalue weighted by atomic mass is 19.1. The molecule has 0 amide bonds. The summed E-state index contributed by atoms with van der Waals surface area (Å²) in [6.07, 6.45) is 4.75. The average Bonchev–Trinajstić information content (AvgIpc) is 3.29. The summed E-state index contributed by atoms with van der Waals surface area (Å²) in [5, 5.41) is 6.84. The van der Waals surface area contributed by atoms with E-state index in [9.17, 15) is 8.78 Å². The summed E-state index contributed by atoms with van der Waals surface area (Å²) in [6.45, 7) is 5.69. The standard InChI is InChI=1S/C23H22F2N6O/c1-11-6-14(7-19(32-11)15-9-26-27-10-15)22-30-20(17-5-4-16(24)8-18(17)25)21-23(31-22)29-13(3)12(2)28-21/h4-5,8-11,14,19H,6-7H2,1-3H3,(H,26,27)/t11-,14-,19+/m1/s1. The number of aryl methyl sites for hydroxylation is 2. The van der Waals surface area contributed by atoms with Gasteiger partial charge in [0.05, 0.1) is 29.8 Å². The van der Waals surface area contributed by atoms with Gasteiger partial charge in [0.2, 0.25) is 0 Å². The van der Waals surface area contributed by atoms with Crippen molar-refractivity contribution in [3.63, 3.8) is 0 Å². The van der Waals surface area contributed by atoms with Crippen molar-refractivity contribution in [2.45, 2.75) is 51.7 Å². The summed E-state index contributed by atoms with van der Waals surface area (Å²) < 4.78 is 34.4. The minimum Gasteiger partial charge on any atom is -0.370 e. The van der Waals surface area contributed by atoms with E-state index in [1.165, 1.54) is 12.1 Å². The molecule has 0 radical (unpaired) electrons. The van der Waals surface area contributed by atoms with Crippen LogP contribution in [0.5, 0.6) is 0 Å². The average molecular weight is 436 g/mol. The highest BCUT2D eigenvalue weighted by Crippen LogP contribution is 2.40. The van der Waals surface area contributed by atoms with E-state index in [0.717, 1.165) is 17.3 Å². The van der Waals surface area contributed by atoms with Crippen LogP contribution in [-0.2, 0) is 4.74 Å². The molecule has 3 atom stereocenters. The van der Waals surface area contributed by atoms with Crippen LogP contribution in [0.25, 0.3) is 22.4 Å². The van der Waals surface area contributed by atoms with Crippen LogP contribution in [0.1, 0.15) is 54.6 Å². The van der Waals surface area contributed by atoms with Crippen molar-refractivity contribution < 1.29 is 13.5 Å². The number of aromatic nitrogens is 6. The predicted octanol–water partition coefficient (Wildman–Crippen LogP) is 4.73. The summed E-state index contributed by atoms with van der Waals surface area (Å²) in [4.78, 5) is 18.7. The molecule has 1 aliphatic heterocycles. The van der Waals surface area contributed by atoms with E-state index in [1.54, 1.807) is 6.20 Å². The van der Waals surface area contributed by atoms with Crippen LogP contribution in [0.2, 0.25) is 0 Å². The van der Waals surface area contributed by atoms with Crippen molar-refractivity contribution in [2.75, 3.05) is 0 Å². The van der Waals surface area contributed by atoms with Gasteiger partial charge in [0.25, 0.3) is 0 Å². The Kier molecular flexibility index (Phi) is 5.13. The first-order chi connectivity index (χ1) is 15.4. The van der Waals surface area contributed by atoms with Gasteiger partial charge in [0.15, 0.2) is 5.65 Å². The maximum absolute atomic E-state index is 14.7. The molecule has 7 nitrogen and oxygen atoms in total. The zero-order valence-electron chi connectivity index (χ0n) is 17.9. The summed E-state index contributed by atoms with van der Waals surface area (Å²) in [5.74, 6) is -0.831. The number of rotatable bonds is 3. The molecule has 1 N–H and O–H groups in total. The van der Waals surface area contributed by atoms with Gasteiger partial charge in [0, 0.05) is 29.3 Å². The van der Waals surface area contributed by atoms with Gasteiger partial charge in [0.1, 0.15) is 28.7 Å². The Balaban J connectivity index is 1.66. The van der Waals surface area contributed by atoms with Gasteiger partial charge in [-0.2, -0.15) is 5.10 Å². The topological polar surface area (TPSA) is 89.5 Å². The van der Waals surface area contributed by atoms with Crippen LogP contribution in [0, 0.1) is 25.5 Å². The Bertz CT molecular complexity index is 1290. The fourth-order valence-corrected chi connectivity index (χ4v) is 4.19. The Morgan fingerprint density at radius 2 is 1.84 bits per heavy atom. The summed E-state index contributed by atoms with van der Waals surface area (Å²) >= 11 is 0. The number of hydrogen-bond donors (Lipinski definition) is 1. The second-order valence-corrected chi connectivity index (χ2v) is 8.26. The number of halogens is 2. The molecule has 1 saturated heterocycles. The highest BCUT2D eigenvalue weighted by molar-refractivity contribution is 5.87. The molecule has 4 heterocycles. The molecule has 0 spiro atoms. The zero-order valence-corrected chi connectivity index (χ0v) is 17.9. The molecule has 0 aliphatic carbocycles. The summed E-state index contributed by atoms with van der Waals surface area (Å²) in [7, 11) is 0. The van der Waals surface area contributed by atoms with Crippen LogP contribution < -0.4 is 0 Å². The van der Waals surface area contributed by atoms with Crippen molar-refractivity contribution in [1.82, 2.24) is 30.1 Å². The van der Waals surface area contributed by atoms with E-state index in [1.807, 2.05) is 27.0 Å². The second-order valence-electron chi connectivity index (χ2n) is 8.26. The van der Waals surface area contributed by atoms with Crippen LogP contribution in [0.4, 0.5) is 8.78 Å². The van der Waals surface area contributed by atoms with Crippen LogP contribution in [0.3, 0.4) is 0 Å². The number of nitrogens with one attached hydrogen (secondary N) is 1. The van der Waals surface area contributed by atoms with Gasteiger partial charge in [-0.25, -0.2) is 28.7 Å². The minimum atomic E-state index is -0.701. The third-order valence-electron chi connectivity index (χ3n) is 5.91. The van der Waals surface area contributed by atoms with Crippen LogP contribution in [-0.4, -0.2) is 36.2 Å². The fourth-order valence-electron chi connectivity index (χ4n) is 4.19. The first-order valence-electron chi connectivity index (χ1n) is 10.5. The van der Waals surface area contributed by atoms with Crippen molar-refractivity contribution >= 4 is 11.2 Å². The molecule has 32 heavy (non-hydrogen) atoms. The monoisotopic (exact) mass is 436 g/mol. The van der Waals surface area contributed by atoms with Gasteiger partial charge in [-0.05, 0) is 45.7 Å². The molecule has 1 aromatic carbocycles. The molecule has 5 rings (SSSR count). The molecule has 9 heteroatoms. The largest absolute Gasteiger partial charge is 0.370 e. The van der Waals surface area contributed by atoms with Crippen LogP contribution in [0.15, 0.2) is 30.6 Å². The van der Waals surface area contributed by atoms with Crippen molar-refractivity contribution in [1.29, 1.82) is 0 Å². The first kappa shape index (κ1) is 20.6. The molecule has 4 aromatic rings. The first-order valence-corrected chi connectivity index (χ1v) is 10.5. The maximum atomic E-state index is 14.7. The van der Waals surface area contributed by atoms with E-state index < -0.39 is 11.6 Å². The SMILES string of the molecule is Cc1nc2nc([C@@H]3C[C@@H](C)O[C@H](c4cn[nH]c4)C3)nc(-c3ccc(F)cc3F)c2nc1C. The number of hydrogen-bond acceptors (Lipinski definition) is 6. The van der Waals surface area contributed by atoms with Crippen molar-refractivity contribution in [2.24, 2.45) is 0 Å². The zero-order chi connectivity index (χ0) is 22.4. The third kappa shape index (κ3) is 3.73. The number of H-pyrrole nitrogens is 1. The van der Waals surface area contributed by atoms with E-state index in [2.05, 4.69) is 20.2 Å². The molecule has 1 fully saturated rings. The molecular formula is C23H22F2N6O. The summed E-state index contributed by atoms with van der Waals surface area (Å²) in [5.41, 5.74) is 3.69. The van der Waals surface area contributed by atoms with Gasteiger partial charge in [-0.3, -0.25) is 5.10 Å². The molecule has 1 aliphatic rings. The Morgan fingerprint density at radius 1 is 1.03 bits per heavy atom. The van der Waals surface area contributed by atoms with E-state index in [0.29, 0.717) is 41.2 Å². The molecule has 3 aromatic heterocycles. The molecule has 0 saturated carbocycles. The quantitative estimate of drug-likeness (QED) is 0.499. The number of benzene rings is 1. The summed E-state index contributed by atoms with van der Waals surface area (Å²) in [6, 6.07) is 3.45. The smallest absolute Gasteiger partial charge is 0.182 e. The number of ether oxygens (including phenoxy) is 1. The normalized spacial score (nSPS) is 21.2. The third-order valence-corrected chi connectivity index (χ3v) is 5.91. The number of fused-ring (bicyclic) bond motifs is 1. The second kappa shape index (κ2) is 7.98. The number of aromatic amines is 1. The minimum absolute atomic E-state index is 0.0233. The maximum Gasteiger partial charge on any atom is 0.182 e. The van der Waals surface area contributed by atoms with E-state index in [4.69, 9.17) is 14.7 Å². The van der Waals surface area contributed by atoms with Gasteiger partial charge in [-0.1, -0.05) is 0 Å². The predicted molar refractivity (Wildman–Crippen MR) is 114 cm³/mol. The van der Waals surface area contributed by atoms with Crippen molar-refractivity contribution in [3.8, 4) is 11.3 Å². The number of nitrogens with zero attached hydrogens (tertiary/aromatic N) is 5. The van der Waals surface area contributed by atoms with Crippen LogP contribution >= 0.6 is 0 Å².